The van der Waals surface area contributed by atoms with Crippen molar-refractivity contribution in [2.24, 2.45) is 5.41 Å². The first-order chi connectivity index (χ1) is 10.0. The molecule has 0 radical (unpaired) electrons. The van der Waals surface area contributed by atoms with Gasteiger partial charge >= 0.3 is 5.97 Å². The summed E-state index contributed by atoms with van der Waals surface area (Å²) in [5, 5.41) is 22.0. The Labute approximate surface area is 126 Å². The van der Waals surface area contributed by atoms with Crippen molar-refractivity contribution in [2.75, 3.05) is 0 Å². The number of carboxylic acids is 1. The van der Waals surface area contributed by atoms with E-state index in [4.69, 9.17) is 5.11 Å². The van der Waals surface area contributed by atoms with Crippen molar-refractivity contribution in [3.05, 3.63) is 0 Å². The van der Waals surface area contributed by atoms with Gasteiger partial charge in [-0.25, -0.2) is 0 Å². The summed E-state index contributed by atoms with van der Waals surface area (Å²) in [6.07, 6.45) is 8.28. The van der Waals surface area contributed by atoms with Crippen LogP contribution in [0.15, 0.2) is 0 Å². The van der Waals surface area contributed by atoms with E-state index in [2.05, 4.69) is 5.32 Å². The minimum Gasteiger partial charge on any atom is -0.481 e. The lowest BCUT2D eigenvalue weighted by atomic mass is 9.69. The van der Waals surface area contributed by atoms with E-state index in [1.807, 2.05) is 0 Å². The number of hydrogen-bond donors (Lipinski definition) is 3. The number of aliphatic hydroxyl groups is 1. The first-order valence-corrected chi connectivity index (χ1v) is 8.20. The summed E-state index contributed by atoms with van der Waals surface area (Å²) < 4.78 is 0. The third kappa shape index (κ3) is 4.70. The number of carbonyl (C=O) groups is 2. The molecule has 0 aliphatic heterocycles. The second kappa shape index (κ2) is 7.25. The van der Waals surface area contributed by atoms with Crippen molar-refractivity contribution in [1.82, 2.24) is 5.32 Å². The SMILES string of the molecule is O=C(O)CC1(CC(=O)N[C@H]2CCCC[C@@H]2O)CCCCC1. The Morgan fingerprint density at radius 1 is 1.00 bits per heavy atom. The zero-order valence-electron chi connectivity index (χ0n) is 12.6. The van der Waals surface area contributed by atoms with Gasteiger partial charge in [0, 0.05) is 6.42 Å². The zero-order chi connectivity index (χ0) is 15.3. The van der Waals surface area contributed by atoms with Crippen molar-refractivity contribution < 1.29 is 19.8 Å². The third-order valence-electron chi connectivity index (χ3n) is 5.05. The highest BCUT2D eigenvalue weighted by Gasteiger charge is 2.37. The van der Waals surface area contributed by atoms with E-state index in [0.717, 1.165) is 57.8 Å². The van der Waals surface area contributed by atoms with Crippen LogP contribution in [-0.2, 0) is 9.59 Å². The first-order valence-electron chi connectivity index (χ1n) is 8.20. The summed E-state index contributed by atoms with van der Waals surface area (Å²) in [5.74, 6) is -0.911. The fourth-order valence-electron chi connectivity index (χ4n) is 3.92. The van der Waals surface area contributed by atoms with Crippen LogP contribution < -0.4 is 5.32 Å². The van der Waals surface area contributed by atoms with Gasteiger partial charge in [-0.3, -0.25) is 9.59 Å². The molecule has 3 N–H and O–H groups in total. The predicted molar refractivity (Wildman–Crippen MR) is 78.8 cm³/mol. The summed E-state index contributed by atoms with van der Waals surface area (Å²) in [4.78, 5) is 23.4. The third-order valence-corrected chi connectivity index (χ3v) is 5.05. The average molecular weight is 297 g/mol. The monoisotopic (exact) mass is 297 g/mol. The highest BCUT2D eigenvalue weighted by molar-refractivity contribution is 5.78. The second-order valence-corrected chi connectivity index (χ2v) is 6.83. The molecule has 0 spiro atoms. The van der Waals surface area contributed by atoms with Crippen LogP contribution in [0.1, 0.15) is 70.6 Å². The molecule has 2 atom stereocenters. The highest BCUT2D eigenvalue weighted by Crippen LogP contribution is 2.42. The Kier molecular flexibility index (Phi) is 5.62. The summed E-state index contributed by atoms with van der Waals surface area (Å²) in [5.41, 5.74) is -0.381. The van der Waals surface area contributed by atoms with Gasteiger partial charge in [-0.05, 0) is 31.1 Å². The van der Waals surface area contributed by atoms with E-state index < -0.39 is 12.1 Å². The average Bonchev–Trinajstić information content (AvgIpc) is 2.41. The molecule has 0 heterocycles. The molecule has 5 heteroatoms. The molecule has 2 saturated carbocycles. The normalized spacial score (nSPS) is 28.8. The molecule has 120 valence electrons. The molecule has 1 amide bonds. The van der Waals surface area contributed by atoms with Gasteiger partial charge in [0.05, 0.1) is 18.6 Å². The van der Waals surface area contributed by atoms with E-state index >= 15 is 0 Å². The molecule has 0 aromatic heterocycles. The fraction of sp³-hybridized carbons (Fsp3) is 0.875. The molecule has 2 aliphatic rings. The van der Waals surface area contributed by atoms with Gasteiger partial charge in [0.25, 0.3) is 0 Å². The molecule has 21 heavy (non-hydrogen) atoms. The maximum Gasteiger partial charge on any atom is 0.303 e. The van der Waals surface area contributed by atoms with Crippen molar-refractivity contribution in [2.45, 2.75) is 82.8 Å². The van der Waals surface area contributed by atoms with Crippen LogP contribution in [0.4, 0.5) is 0 Å². The Morgan fingerprint density at radius 2 is 1.67 bits per heavy atom. The lowest BCUT2D eigenvalue weighted by Gasteiger charge is -2.36. The molecule has 5 nitrogen and oxygen atoms in total. The predicted octanol–water partition coefficient (Wildman–Crippen LogP) is 2.22. The molecular weight excluding hydrogens is 270 g/mol. The number of amides is 1. The summed E-state index contributed by atoms with van der Waals surface area (Å²) in [6.45, 7) is 0. The number of aliphatic hydroxyl groups excluding tert-OH is 1. The van der Waals surface area contributed by atoms with E-state index in [0.29, 0.717) is 0 Å². The van der Waals surface area contributed by atoms with Crippen LogP contribution >= 0.6 is 0 Å². The van der Waals surface area contributed by atoms with Crippen LogP contribution in [0.3, 0.4) is 0 Å². The van der Waals surface area contributed by atoms with Crippen LogP contribution in [0, 0.1) is 5.41 Å². The second-order valence-electron chi connectivity index (χ2n) is 6.83. The number of carbonyl (C=O) groups excluding carboxylic acids is 1. The topological polar surface area (TPSA) is 86.6 Å². The molecule has 2 aliphatic carbocycles. The largest absolute Gasteiger partial charge is 0.481 e. The standard InChI is InChI=1S/C16H27NO4/c18-13-7-3-2-6-12(13)17-14(19)10-16(11-15(20)21)8-4-1-5-9-16/h12-13,18H,1-11H2,(H,17,19)(H,20,21)/t12-,13-/m0/s1. The van der Waals surface area contributed by atoms with E-state index in [9.17, 15) is 14.7 Å². The Balaban J connectivity index is 1.92. The first kappa shape index (κ1) is 16.3. The van der Waals surface area contributed by atoms with E-state index in [-0.39, 0.29) is 30.2 Å². The van der Waals surface area contributed by atoms with Gasteiger partial charge in [0.1, 0.15) is 0 Å². The summed E-state index contributed by atoms with van der Waals surface area (Å²) in [6, 6.07) is -0.156. The molecule has 0 aromatic carbocycles. The van der Waals surface area contributed by atoms with Crippen LogP contribution in [0.25, 0.3) is 0 Å². The Morgan fingerprint density at radius 3 is 2.29 bits per heavy atom. The molecule has 2 rings (SSSR count). The smallest absolute Gasteiger partial charge is 0.303 e. The number of rotatable bonds is 5. The minimum atomic E-state index is -0.817. The lowest BCUT2D eigenvalue weighted by molar-refractivity contribution is -0.141. The number of nitrogens with one attached hydrogen (secondary N) is 1. The van der Waals surface area contributed by atoms with E-state index in [1.54, 1.807) is 0 Å². The van der Waals surface area contributed by atoms with Gasteiger partial charge in [-0.15, -0.1) is 0 Å². The zero-order valence-corrected chi connectivity index (χ0v) is 12.6. The van der Waals surface area contributed by atoms with Gasteiger partial charge in [0.15, 0.2) is 0 Å². The van der Waals surface area contributed by atoms with Crippen molar-refractivity contribution in [1.29, 1.82) is 0 Å². The summed E-state index contributed by atoms with van der Waals surface area (Å²) in [7, 11) is 0. The van der Waals surface area contributed by atoms with Crippen LogP contribution in [0.2, 0.25) is 0 Å². The summed E-state index contributed by atoms with van der Waals surface area (Å²) >= 11 is 0. The Hall–Kier alpha value is -1.10. The maximum absolute atomic E-state index is 12.3. The maximum atomic E-state index is 12.3. The molecule has 0 bridgehead atoms. The van der Waals surface area contributed by atoms with E-state index in [1.165, 1.54) is 0 Å². The quantitative estimate of drug-likeness (QED) is 0.726. The minimum absolute atomic E-state index is 0.0770. The molecule has 0 unspecified atom stereocenters. The molecule has 2 fully saturated rings. The number of aliphatic carboxylic acids is 1. The Bertz CT molecular complexity index is 376. The number of carboxylic acid groups (broad SMARTS) is 1. The highest BCUT2D eigenvalue weighted by atomic mass is 16.4. The van der Waals surface area contributed by atoms with Gasteiger partial charge in [0.2, 0.25) is 5.91 Å². The van der Waals surface area contributed by atoms with Crippen molar-refractivity contribution in [3.8, 4) is 0 Å². The molecular formula is C16H27NO4. The van der Waals surface area contributed by atoms with Crippen molar-refractivity contribution >= 4 is 11.9 Å². The van der Waals surface area contributed by atoms with Gasteiger partial charge < -0.3 is 15.5 Å². The molecule has 0 aromatic rings. The van der Waals surface area contributed by atoms with Crippen LogP contribution in [0.5, 0.6) is 0 Å². The van der Waals surface area contributed by atoms with Crippen molar-refractivity contribution in [3.63, 3.8) is 0 Å². The fourth-order valence-corrected chi connectivity index (χ4v) is 3.92. The number of hydrogen-bond acceptors (Lipinski definition) is 3. The van der Waals surface area contributed by atoms with Gasteiger partial charge in [-0.2, -0.15) is 0 Å². The molecule has 0 saturated heterocycles. The van der Waals surface area contributed by atoms with Crippen LogP contribution in [-0.4, -0.2) is 34.2 Å². The lowest BCUT2D eigenvalue weighted by Crippen LogP contribution is -2.46. The van der Waals surface area contributed by atoms with Gasteiger partial charge in [-0.1, -0.05) is 32.1 Å².